The molecule has 1 amide bonds. The normalized spacial score (nSPS) is 29.3. The van der Waals surface area contributed by atoms with Gasteiger partial charge in [-0.1, -0.05) is 12.8 Å². The minimum atomic E-state index is -0.417. The van der Waals surface area contributed by atoms with Gasteiger partial charge in [0.2, 0.25) is 0 Å². The zero-order chi connectivity index (χ0) is 14.8. The fourth-order valence-corrected chi connectivity index (χ4v) is 3.16. The lowest BCUT2D eigenvalue weighted by Crippen LogP contribution is -2.57. The van der Waals surface area contributed by atoms with E-state index in [-0.39, 0.29) is 6.09 Å². The Balaban J connectivity index is 1.81. The smallest absolute Gasteiger partial charge is 0.410 e. The van der Waals surface area contributed by atoms with Crippen LogP contribution in [0.25, 0.3) is 0 Å². The van der Waals surface area contributed by atoms with Crippen LogP contribution in [0.15, 0.2) is 0 Å². The molecule has 1 aliphatic carbocycles. The number of piperazine rings is 1. The summed E-state index contributed by atoms with van der Waals surface area (Å²) in [6, 6.07) is 0.807. The van der Waals surface area contributed by atoms with Gasteiger partial charge in [0.05, 0.1) is 0 Å². The highest BCUT2D eigenvalue weighted by Gasteiger charge is 2.32. The number of nitrogens with two attached hydrogens (primary N) is 1. The third-order valence-corrected chi connectivity index (χ3v) is 4.22. The second-order valence-corrected chi connectivity index (χ2v) is 7.02. The van der Waals surface area contributed by atoms with Gasteiger partial charge in [-0.15, -0.1) is 0 Å². The van der Waals surface area contributed by atoms with Gasteiger partial charge in [0.25, 0.3) is 0 Å². The summed E-state index contributed by atoms with van der Waals surface area (Å²) in [7, 11) is 0. The molecule has 2 N–H and O–H groups in total. The fraction of sp³-hybridized carbons (Fsp3) is 0.933. The van der Waals surface area contributed by atoms with Gasteiger partial charge < -0.3 is 15.4 Å². The van der Waals surface area contributed by atoms with Crippen LogP contribution < -0.4 is 5.73 Å². The van der Waals surface area contributed by atoms with Crippen molar-refractivity contribution in [1.82, 2.24) is 9.80 Å². The average molecular weight is 283 g/mol. The van der Waals surface area contributed by atoms with E-state index in [1.54, 1.807) is 0 Å². The first kappa shape index (κ1) is 15.6. The monoisotopic (exact) mass is 283 g/mol. The number of carbonyl (C=O) groups excluding carboxylic acids is 1. The summed E-state index contributed by atoms with van der Waals surface area (Å²) in [4.78, 5) is 16.3. The largest absolute Gasteiger partial charge is 0.444 e. The van der Waals surface area contributed by atoms with Gasteiger partial charge in [0.1, 0.15) is 5.60 Å². The van der Waals surface area contributed by atoms with Crippen molar-refractivity contribution in [2.75, 3.05) is 26.2 Å². The predicted octanol–water partition coefficient (Wildman–Crippen LogP) is 1.81. The molecule has 0 aromatic rings. The zero-order valence-corrected chi connectivity index (χ0v) is 13.1. The summed E-state index contributed by atoms with van der Waals surface area (Å²) < 4.78 is 5.42. The lowest BCUT2D eigenvalue weighted by Gasteiger charge is -2.43. The molecule has 0 radical (unpaired) electrons. The van der Waals surface area contributed by atoms with Gasteiger partial charge in [-0.2, -0.15) is 0 Å². The van der Waals surface area contributed by atoms with Crippen LogP contribution >= 0.6 is 0 Å². The van der Waals surface area contributed by atoms with Crippen molar-refractivity contribution in [2.45, 2.75) is 64.1 Å². The van der Waals surface area contributed by atoms with Crippen molar-refractivity contribution >= 4 is 6.09 Å². The molecule has 1 heterocycles. The summed E-state index contributed by atoms with van der Waals surface area (Å²) in [5, 5.41) is 0. The quantitative estimate of drug-likeness (QED) is 0.797. The van der Waals surface area contributed by atoms with Gasteiger partial charge in [-0.3, -0.25) is 4.90 Å². The molecule has 1 saturated carbocycles. The number of carbonyl (C=O) groups is 1. The van der Waals surface area contributed by atoms with E-state index in [4.69, 9.17) is 10.5 Å². The molecular weight excluding hydrogens is 254 g/mol. The molecule has 116 valence electrons. The number of nitrogens with zero attached hydrogens (tertiary/aromatic N) is 2. The molecule has 2 atom stereocenters. The molecular formula is C15H29N3O2. The first-order chi connectivity index (χ1) is 9.37. The van der Waals surface area contributed by atoms with Crippen LogP contribution in [0, 0.1) is 0 Å². The summed E-state index contributed by atoms with van der Waals surface area (Å²) in [5.74, 6) is 0. The second-order valence-electron chi connectivity index (χ2n) is 7.02. The maximum atomic E-state index is 12.0. The van der Waals surface area contributed by atoms with E-state index in [0.29, 0.717) is 12.1 Å². The predicted molar refractivity (Wildman–Crippen MR) is 79.6 cm³/mol. The molecule has 0 bridgehead atoms. The van der Waals surface area contributed by atoms with E-state index in [1.807, 2.05) is 25.7 Å². The third kappa shape index (κ3) is 4.09. The molecule has 2 rings (SSSR count). The molecule has 2 fully saturated rings. The van der Waals surface area contributed by atoms with Crippen LogP contribution in [0.2, 0.25) is 0 Å². The van der Waals surface area contributed by atoms with Crippen LogP contribution in [0.3, 0.4) is 0 Å². The van der Waals surface area contributed by atoms with Gasteiger partial charge >= 0.3 is 6.09 Å². The summed E-state index contributed by atoms with van der Waals surface area (Å²) in [6.45, 7) is 9.04. The SMILES string of the molecule is CC(C)(C)OC(=O)N1CCN(C2CCCC[C@@H]2N)CC1. The maximum absolute atomic E-state index is 12.0. The molecule has 2 aliphatic rings. The molecule has 1 aliphatic heterocycles. The number of amides is 1. The minimum absolute atomic E-state index is 0.190. The van der Waals surface area contributed by atoms with E-state index in [9.17, 15) is 4.79 Å². The van der Waals surface area contributed by atoms with Crippen LogP contribution in [-0.2, 0) is 4.74 Å². The summed E-state index contributed by atoms with van der Waals surface area (Å²) in [6.07, 6.45) is 4.69. The minimum Gasteiger partial charge on any atom is -0.444 e. The van der Waals surface area contributed by atoms with Crippen molar-refractivity contribution in [3.63, 3.8) is 0 Å². The van der Waals surface area contributed by atoms with Gasteiger partial charge in [0.15, 0.2) is 0 Å². The van der Waals surface area contributed by atoms with Crippen LogP contribution in [0.1, 0.15) is 46.5 Å². The van der Waals surface area contributed by atoms with E-state index in [2.05, 4.69) is 4.90 Å². The highest BCUT2D eigenvalue weighted by Crippen LogP contribution is 2.23. The van der Waals surface area contributed by atoms with E-state index in [0.717, 1.165) is 32.6 Å². The number of rotatable bonds is 1. The molecule has 0 aromatic heterocycles. The lowest BCUT2D eigenvalue weighted by atomic mass is 9.89. The highest BCUT2D eigenvalue weighted by atomic mass is 16.6. The summed E-state index contributed by atoms with van der Waals surface area (Å²) >= 11 is 0. The van der Waals surface area contributed by atoms with Crippen molar-refractivity contribution in [1.29, 1.82) is 0 Å². The van der Waals surface area contributed by atoms with E-state index < -0.39 is 5.60 Å². The number of ether oxygens (including phenoxy) is 1. The molecule has 5 nitrogen and oxygen atoms in total. The highest BCUT2D eigenvalue weighted by molar-refractivity contribution is 5.68. The standard InChI is InChI=1S/C15H29N3O2/c1-15(2,3)20-14(19)18-10-8-17(9-11-18)13-7-5-4-6-12(13)16/h12-13H,4-11,16H2,1-3H3/t12-,13?/m0/s1. The van der Waals surface area contributed by atoms with Crippen LogP contribution in [0.4, 0.5) is 4.79 Å². The number of hydrogen-bond donors (Lipinski definition) is 1. The molecule has 5 heteroatoms. The average Bonchev–Trinajstić information content (AvgIpc) is 2.37. The van der Waals surface area contributed by atoms with Gasteiger partial charge in [-0.25, -0.2) is 4.79 Å². The molecule has 1 saturated heterocycles. The Kier molecular flexibility index (Phi) is 4.91. The molecule has 0 aromatic carbocycles. The Labute approximate surface area is 122 Å². The van der Waals surface area contributed by atoms with Gasteiger partial charge in [-0.05, 0) is 33.6 Å². The van der Waals surface area contributed by atoms with Crippen molar-refractivity contribution in [3.05, 3.63) is 0 Å². The maximum Gasteiger partial charge on any atom is 0.410 e. The molecule has 0 spiro atoms. The fourth-order valence-electron chi connectivity index (χ4n) is 3.16. The Morgan fingerprint density at radius 3 is 2.25 bits per heavy atom. The van der Waals surface area contributed by atoms with Crippen molar-refractivity contribution in [2.24, 2.45) is 5.73 Å². The Morgan fingerprint density at radius 2 is 1.70 bits per heavy atom. The topological polar surface area (TPSA) is 58.8 Å². The Bertz CT molecular complexity index is 333. The first-order valence-electron chi connectivity index (χ1n) is 7.84. The van der Waals surface area contributed by atoms with Crippen molar-refractivity contribution < 1.29 is 9.53 Å². The Morgan fingerprint density at radius 1 is 1.10 bits per heavy atom. The third-order valence-electron chi connectivity index (χ3n) is 4.22. The first-order valence-corrected chi connectivity index (χ1v) is 7.84. The summed E-state index contributed by atoms with van der Waals surface area (Å²) in [5.41, 5.74) is 5.82. The van der Waals surface area contributed by atoms with E-state index in [1.165, 1.54) is 19.3 Å². The lowest BCUT2D eigenvalue weighted by molar-refractivity contribution is 0.00686. The van der Waals surface area contributed by atoms with Crippen LogP contribution in [0.5, 0.6) is 0 Å². The Hall–Kier alpha value is -0.810. The number of hydrogen-bond acceptors (Lipinski definition) is 4. The molecule has 1 unspecified atom stereocenters. The van der Waals surface area contributed by atoms with Gasteiger partial charge in [0, 0.05) is 38.3 Å². The molecule has 20 heavy (non-hydrogen) atoms. The van der Waals surface area contributed by atoms with Crippen LogP contribution in [-0.4, -0.2) is 59.8 Å². The van der Waals surface area contributed by atoms with Crippen molar-refractivity contribution in [3.8, 4) is 0 Å². The van der Waals surface area contributed by atoms with E-state index >= 15 is 0 Å². The zero-order valence-electron chi connectivity index (χ0n) is 13.1. The second kappa shape index (κ2) is 6.31.